The Labute approximate surface area is 115 Å². The minimum Gasteiger partial charge on any atom is -0.207 e. The first kappa shape index (κ1) is 14.2. The first-order valence-corrected chi connectivity index (χ1v) is 7.55. The third-order valence-electron chi connectivity index (χ3n) is 1.62. The van der Waals surface area contributed by atoms with Gasteiger partial charge in [-0.15, -0.1) is 0 Å². The first-order chi connectivity index (χ1) is 7.12. The highest BCUT2D eigenvalue weighted by atomic mass is 127. The highest BCUT2D eigenvalue weighted by Crippen LogP contribution is 2.23. The highest BCUT2D eigenvalue weighted by molar-refractivity contribution is 14.1. The molecular formula is C10H13ClINO2S. The Kier molecular flexibility index (Phi) is 4.26. The van der Waals surface area contributed by atoms with Gasteiger partial charge in [-0.1, -0.05) is 11.6 Å². The SMILES string of the molecule is CC(C)(C)NS(=O)(=O)c1ccc(Cl)cc1I. The second-order valence-electron chi connectivity index (χ2n) is 4.43. The maximum absolute atomic E-state index is 12.0. The summed E-state index contributed by atoms with van der Waals surface area (Å²) in [5.74, 6) is 0. The Balaban J connectivity index is 3.18. The number of halogens is 2. The Bertz CT molecular complexity index is 494. The van der Waals surface area contributed by atoms with Crippen LogP contribution in [0.3, 0.4) is 0 Å². The standard InChI is InChI=1S/C10H13ClINO2S/c1-10(2,3)13-16(14,15)9-5-4-7(11)6-8(9)12/h4-6,13H,1-3H3. The zero-order valence-corrected chi connectivity index (χ0v) is 12.9. The van der Waals surface area contributed by atoms with Crippen molar-refractivity contribution in [2.24, 2.45) is 0 Å². The van der Waals surface area contributed by atoms with Crippen molar-refractivity contribution < 1.29 is 8.42 Å². The van der Waals surface area contributed by atoms with Gasteiger partial charge in [0.1, 0.15) is 0 Å². The lowest BCUT2D eigenvalue weighted by Gasteiger charge is -2.20. The van der Waals surface area contributed by atoms with E-state index >= 15 is 0 Å². The minimum atomic E-state index is -3.48. The molecule has 0 aliphatic heterocycles. The van der Waals surface area contributed by atoms with Gasteiger partial charge in [0.25, 0.3) is 0 Å². The summed E-state index contributed by atoms with van der Waals surface area (Å²) in [6, 6.07) is 4.71. The second-order valence-corrected chi connectivity index (χ2v) is 7.68. The van der Waals surface area contributed by atoms with Crippen molar-refractivity contribution in [1.82, 2.24) is 4.72 Å². The van der Waals surface area contributed by atoms with Crippen LogP contribution in [0.2, 0.25) is 5.02 Å². The van der Waals surface area contributed by atoms with Crippen molar-refractivity contribution in [2.75, 3.05) is 0 Å². The number of benzene rings is 1. The Morgan fingerprint density at radius 1 is 1.31 bits per heavy atom. The van der Waals surface area contributed by atoms with Gasteiger partial charge in [0, 0.05) is 14.1 Å². The van der Waals surface area contributed by atoms with Crippen LogP contribution in [0.1, 0.15) is 20.8 Å². The Morgan fingerprint density at radius 3 is 2.31 bits per heavy atom. The number of sulfonamides is 1. The highest BCUT2D eigenvalue weighted by Gasteiger charge is 2.23. The van der Waals surface area contributed by atoms with Crippen LogP contribution in [0.4, 0.5) is 0 Å². The summed E-state index contributed by atoms with van der Waals surface area (Å²) in [6.07, 6.45) is 0. The van der Waals surface area contributed by atoms with Gasteiger partial charge in [-0.25, -0.2) is 13.1 Å². The van der Waals surface area contributed by atoms with E-state index in [-0.39, 0.29) is 4.90 Å². The van der Waals surface area contributed by atoms with Crippen LogP contribution < -0.4 is 4.72 Å². The zero-order chi connectivity index (χ0) is 12.6. The molecule has 0 fully saturated rings. The van der Waals surface area contributed by atoms with Crippen molar-refractivity contribution in [2.45, 2.75) is 31.2 Å². The molecule has 90 valence electrons. The fourth-order valence-electron chi connectivity index (χ4n) is 1.15. The second kappa shape index (κ2) is 4.80. The van der Waals surface area contributed by atoms with Gasteiger partial charge in [0.2, 0.25) is 10.0 Å². The molecule has 0 radical (unpaired) electrons. The van der Waals surface area contributed by atoms with Crippen molar-refractivity contribution in [3.05, 3.63) is 26.8 Å². The van der Waals surface area contributed by atoms with E-state index in [9.17, 15) is 8.42 Å². The molecule has 0 bridgehead atoms. The predicted molar refractivity (Wildman–Crippen MR) is 74.2 cm³/mol. The van der Waals surface area contributed by atoms with E-state index < -0.39 is 15.6 Å². The van der Waals surface area contributed by atoms with Gasteiger partial charge in [-0.2, -0.15) is 0 Å². The van der Waals surface area contributed by atoms with Gasteiger partial charge >= 0.3 is 0 Å². The molecule has 0 aliphatic carbocycles. The van der Waals surface area contributed by atoms with Crippen LogP contribution in [0.5, 0.6) is 0 Å². The van der Waals surface area contributed by atoms with Crippen LogP contribution in [0, 0.1) is 3.57 Å². The monoisotopic (exact) mass is 373 g/mol. The average Bonchev–Trinajstić information content (AvgIpc) is 1.97. The lowest BCUT2D eigenvalue weighted by molar-refractivity contribution is 0.491. The number of rotatable bonds is 2. The minimum absolute atomic E-state index is 0.257. The van der Waals surface area contributed by atoms with E-state index in [0.717, 1.165) is 0 Å². The Hall–Kier alpha value is 0.150. The van der Waals surface area contributed by atoms with Gasteiger partial charge < -0.3 is 0 Å². The van der Waals surface area contributed by atoms with Crippen LogP contribution in [0.15, 0.2) is 23.1 Å². The molecule has 0 amide bonds. The van der Waals surface area contributed by atoms with Crippen LogP contribution in [0.25, 0.3) is 0 Å². The summed E-state index contributed by atoms with van der Waals surface area (Å²) in [4.78, 5) is 0.257. The molecule has 3 nitrogen and oxygen atoms in total. The van der Waals surface area contributed by atoms with E-state index in [1.807, 2.05) is 22.6 Å². The van der Waals surface area contributed by atoms with E-state index in [1.54, 1.807) is 32.9 Å². The molecule has 0 unspecified atom stereocenters. The molecular weight excluding hydrogens is 361 g/mol. The molecule has 0 aliphatic rings. The largest absolute Gasteiger partial charge is 0.242 e. The quantitative estimate of drug-likeness (QED) is 0.810. The molecule has 1 N–H and O–H groups in total. The summed E-state index contributed by atoms with van der Waals surface area (Å²) in [5.41, 5.74) is -0.498. The fourth-order valence-corrected chi connectivity index (χ4v) is 4.37. The maximum atomic E-state index is 12.0. The molecule has 1 aromatic rings. The third kappa shape index (κ3) is 3.87. The molecule has 0 heterocycles. The first-order valence-electron chi connectivity index (χ1n) is 4.61. The topological polar surface area (TPSA) is 46.2 Å². The molecule has 16 heavy (non-hydrogen) atoms. The summed E-state index contributed by atoms with van der Waals surface area (Å²) in [5, 5.41) is 0.527. The summed E-state index contributed by atoms with van der Waals surface area (Å²) >= 11 is 7.74. The lowest BCUT2D eigenvalue weighted by atomic mass is 10.1. The number of nitrogens with one attached hydrogen (secondary N) is 1. The van der Waals surface area contributed by atoms with Crippen LogP contribution in [-0.4, -0.2) is 14.0 Å². The molecule has 0 atom stereocenters. The third-order valence-corrected chi connectivity index (χ3v) is 4.93. The normalized spacial score (nSPS) is 12.8. The van der Waals surface area contributed by atoms with Gasteiger partial charge in [0.15, 0.2) is 0 Å². The van der Waals surface area contributed by atoms with Crippen molar-refractivity contribution >= 4 is 44.2 Å². The van der Waals surface area contributed by atoms with Crippen molar-refractivity contribution in [3.8, 4) is 0 Å². The van der Waals surface area contributed by atoms with Crippen molar-refractivity contribution in [1.29, 1.82) is 0 Å². The molecule has 6 heteroatoms. The van der Waals surface area contributed by atoms with E-state index in [1.165, 1.54) is 6.07 Å². The Morgan fingerprint density at radius 2 is 1.88 bits per heavy atom. The van der Waals surface area contributed by atoms with E-state index in [0.29, 0.717) is 8.59 Å². The average molecular weight is 374 g/mol. The molecule has 1 rings (SSSR count). The number of hydrogen-bond donors (Lipinski definition) is 1. The predicted octanol–water partition coefficient (Wildman–Crippen LogP) is 3.02. The molecule has 0 spiro atoms. The van der Waals surface area contributed by atoms with E-state index in [2.05, 4.69) is 4.72 Å². The number of hydrogen-bond acceptors (Lipinski definition) is 2. The van der Waals surface area contributed by atoms with Crippen LogP contribution >= 0.6 is 34.2 Å². The van der Waals surface area contributed by atoms with Gasteiger partial charge in [0.05, 0.1) is 4.90 Å². The van der Waals surface area contributed by atoms with Gasteiger partial charge in [-0.3, -0.25) is 0 Å². The van der Waals surface area contributed by atoms with Gasteiger partial charge in [-0.05, 0) is 61.6 Å². The zero-order valence-electron chi connectivity index (χ0n) is 9.21. The van der Waals surface area contributed by atoms with E-state index in [4.69, 9.17) is 11.6 Å². The van der Waals surface area contributed by atoms with Crippen molar-refractivity contribution in [3.63, 3.8) is 0 Å². The smallest absolute Gasteiger partial charge is 0.207 e. The lowest BCUT2D eigenvalue weighted by Crippen LogP contribution is -2.40. The molecule has 0 saturated carbocycles. The maximum Gasteiger partial charge on any atom is 0.242 e. The molecule has 0 aromatic heterocycles. The summed E-state index contributed by atoms with van der Waals surface area (Å²) < 4.78 is 27.3. The summed E-state index contributed by atoms with van der Waals surface area (Å²) in [6.45, 7) is 5.40. The molecule has 0 saturated heterocycles. The fraction of sp³-hybridized carbons (Fsp3) is 0.400. The molecule has 1 aromatic carbocycles. The van der Waals surface area contributed by atoms with Crippen LogP contribution in [-0.2, 0) is 10.0 Å². The summed E-state index contributed by atoms with van der Waals surface area (Å²) in [7, 11) is -3.48.